The summed E-state index contributed by atoms with van der Waals surface area (Å²) >= 11 is 1.55. The molecule has 1 N–H and O–H groups in total. The van der Waals surface area contributed by atoms with Crippen LogP contribution >= 0.6 is 11.3 Å². The molecular weight excluding hydrogens is 409 g/mol. The van der Waals surface area contributed by atoms with Crippen molar-refractivity contribution in [3.63, 3.8) is 0 Å². The predicted molar refractivity (Wildman–Crippen MR) is 103 cm³/mol. The van der Waals surface area contributed by atoms with Crippen LogP contribution < -0.4 is 0 Å². The Hall–Kier alpha value is -1.65. The Morgan fingerprint density at radius 1 is 1.28 bits per heavy atom. The minimum absolute atomic E-state index is 0.180. The van der Waals surface area contributed by atoms with Gasteiger partial charge in [-0.1, -0.05) is 0 Å². The molecule has 2 aliphatic rings. The topological polar surface area (TPSA) is 70.1 Å². The standard InChI is InChI=1S/C17H26N2O2S.C2HF3O2/c1-12(2)18-7-8-21-15-11-19(6-4-14(15)10-18)17(20)16-13(3)5-9-22-16;3-2(4,5)1(6)7/h5,9,12,14-15H,4,6-8,10-11H2,1-3H3;(H,6,7)/t14-,15-;/m1./s1. The minimum Gasteiger partial charge on any atom is -0.475 e. The van der Waals surface area contributed by atoms with Gasteiger partial charge < -0.3 is 14.7 Å². The molecule has 164 valence electrons. The molecule has 2 fully saturated rings. The van der Waals surface area contributed by atoms with Gasteiger partial charge >= 0.3 is 12.1 Å². The maximum absolute atomic E-state index is 12.7. The molecule has 0 unspecified atom stereocenters. The number of carboxylic acid groups (broad SMARTS) is 1. The van der Waals surface area contributed by atoms with Crippen molar-refractivity contribution in [1.82, 2.24) is 9.80 Å². The van der Waals surface area contributed by atoms with Gasteiger partial charge in [0.2, 0.25) is 0 Å². The number of nitrogens with zero attached hydrogens (tertiary/aromatic N) is 2. The number of alkyl halides is 3. The van der Waals surface area contributed by atoms with Gasteiger partial charge in [-0.25, -0.2) is 4.79 Å². The number of aliphatic carboxylic acids is 1. The molecule has 0 aromatic carbocycles. The number of fused-ring (bicyclic) bond motifs is 1. The lowest BCUT2D eigenvalue weighted by Crippen LogP contribution is -2.49. The summed E-state index contributed by atoms with van der Waals surface area (Å²) in [5.41, 5.74) is 1.09. The van der Waals surface area contributed by atoms with Crippen LogP contribution in [0.3, 0.4) is 0 Å². The highest BCUT2D eigenvalue weighted by molar-refractivity contribution is 7.12. The lowest BCUT2D eigenvalue weighted by atomic mass is 9.92. The Morgan fingerprint density at radius 3 is 2.45 bits per heavy atom. The van der Waals surface area contributed by atoms with Gasteiger partial charge in [0.15, 0.2) is 0 Å². The van der Waals surface area contributed by atoms with Gasteiger partial charge in [0, 0.05) is 38.1 Å². The Kier molecular flexibility index (Phi) is 8.07. The molecule has 0 spiro atoms. The van der Waals surface area contributed by atoms with Gasteiger partial charge in [-0.05, 0) is 44.2 Å². The molecule has 2 atom stereocenters. The van der Waals surface area contributed by atoms with Crippen LogP contribution in [0.5, 0.6) is 0 Å². The second kappa shape index (κ2) is 9.90. The van der Waals surface area contributed by atoms with E-state index in [1.54, 1.807) is 11.3 Å². The van der Waals surface area contributed by atoms with Crippen molar-refractivity contribution in [2.24, 2.45) is 5.92 Å². The van der Waals surface area contributed by atoms with Gasteiger partial charge in [-0.3, -0.25) is 9.69 Å². The second-order valence-electron chi connectivity index (χ2n) is 7.53. The quantitative estimate of drug-likeness (QED) is 0.771. The van der Waals surface area contributed by atoms with E-state index in [0.29, 0.717) is 12.0 Å². The van der Waals surface area contributed by atoms with Crippen molar-refractivity contribution in [2.45, 2.75) is 45.5 Å². The summed E-state index contributed by atoms with van der Waals surface area (Å²) in [6.45, 7) is 11.0. The molecule has 29 heavy (non-hydrogen) atoms. The molecule has 3 heterocycles. The molecule has 6 nitrogen and oxygen atoms in total. The summed E-state index contributed by atoms with van der Waals surface area (Å²) < 4.78 is 37.8. The van der Waals surface area contributed by atoms with Crippen LogP contribution in [0.4, 0.5) is 13.2 Å². The fourth-order valence-corrected chi connectivity index (χ4v) is 4.36. The van der Waals surface area contributed by atoms with Gasteiger partial charge in [0.25, 0.3) is 5.91 Å². The Labute approximate surface area is 172 Å². The smallest absolute Gasteiger partial charge is 0.475 e. The zero-order chi connectivity index (χ0) is 21.8. The number of likely N-dealkylation sites (tertiary alicyclic amines) is 1. The summed E-state index contributed by atoms with van der Waals surface area (Å²) in [7, 11) is 0. The second-order valence-corrected chi connectivity index (χ2v) is 8.45. The number of halogens is 3. The van der Waals surface area contributed by atoms with Gasteiger partial charge in [0.05, 0.1) is 17.6 Å². The van der Waals surface area contributed by atoms with Crippen LogP contribution in [0.1, 0.15) is 35.5 Å². The molecule has 0 saturated carbocycles. The molecule has 2 aliphatic heterocycles. The van der Waals surface area contributed by atoms with Gasteiger partial charge in [-0.15, -0.1) is 11.3 Å². The van der Waals surface area contributed by atoms with E-state index >= 15 is 0 Å². The molecule has 3 rings (SSSR count). The molecule has 1 amide bonds. The van der Waals surface area contributed by atoms with Gasteiger partial charge in [-0.2, -0.15) is 13.2 Å². The molecular formula is C19H27F3N2O4S. The first kappa shape index (κ1) is 23.6. The van der Waals surface area contributed by atoms with Crippen molar-refractivity contribution in [3.05, 3.63) is 21.9 Å². The summed E-state index contributed by atoms with van der Waals surface area (Å²) in [5, 5.41) is 9.12. The first-order valence-corrected chi connectivity index (χ1v) is 10.4. The van der Waals surface area contributed by atoms with E-state index in [1.165, 1.54) is 0 Å². The summed E-state index contributed by atoms with van der Waals surface area (Å²) in [4.78, 5) is 27.0. The van der Waals surface area contributed by atoms with Crippen molar-refractivity contribution >= 4 is 23.2 Å². The number of hydrogen-bond donors (Lipinski definition) is 1. The van der Waals surface area contributed by atoms with Crippen molar-refractivity contribution in [2.75, 3.05) is 32.8 Å². The number of piperidine rings is 1. The Bertz CT molecular complexity index is 708. The zero-order valence-electron chi connectivity index (χ0n) is 16.7. The maximum Gasteiger partial charge on any atom is 0.490 e. The third-order valence-corrected chi connectivity index (χ3v) is 6.20. The third kappa shape index (κ3) is 6.42. The number of carboxylic acids is 1. The van der Waals surface area contributed by atoms with E-state index in [-0.39, 0.29) is 12.0 Å². The van der Waals surface area contributed by atoms with Crippen LogP contribution in [0.25, 0.3) is 0 Å². The highest BCUT2D eigenvalue weighted by atomic mass is 32.1. The van der Waals surface area contributed by atoms with Crippen molar-refractivity contribution in [1.29, 1.82) is 0 Å². The number of carbonyl (C=O) groups is 2. The molecule has 1 aromatic rings. The SMILES string of the molecule is Cc1ccsc1C(=O)N1CC[C@@H]2CN(C(C)C)CCO[C@@H]2C1.O=C(O)C(F)(F)F. The van der Waals surface area contributed by atoms with Crippen LogP contribution in [0, 0.1) is 12.8 Å². The zero-order valence-corrected chi connectivity index (χ0v) is 17.6. The third-order valence-electron chi connectivity index (χ3n) is 5.19. The van der Waals surface area contributed by atoms with E-state index in [9.17, 15) is 18.0 Å². The van der Waals surface area contributed by atoms with Crippen LogP contribution in [0.2, 0.25) is 0 Å². The number of carbonyl (C=O) groups excluding carboxylic acids is 1. The summed E-state index contributed by atoms with van der Waals surface area (Å²) in [5.74, 6) is -2.02. The Morgan fingerprint density at radius 2 is 1.93 bits per heavy atom. The molecule has 1 aromatic heterocycles. The van der Waals surface area contributed by atoms with E-state index in [2.05, 4.69) is 18.7 Å². The predicted octanol–water partition coefficient (Wildman–Crippen LogP) is 3.26. The van der Waals surface area contributed by atoms with Crippen molar-refractivity contribution in [3.8, 4) is 0 Å². The minimum atomic E-state index is -5.08. The van der Waals surface area contributed by atoms with E-state index < -0.39 is 12.1 Å². The number of aryl methyl sites for hydroxylation is 1. The number of thiophene rings is 1. The number of amides is 1. The summed E-state index contributed by atoms with van der Waals surface area (Å²) in [6, 6.07) is 2.59. The lowest BCUT2D eigenvalue weighted by Gasteiger charge is -2.38. The van der Waals surface area contributed by atoms with Gasteiger partial charge in [0.1, 0.15) is 0 Å². The van der Waals surface area contributed by atoms with Crippen LogP contribution in [0.15, 0.2) is 11.4 Å². The Balaban J connectivity index is 0.000000370. The first-order chi connectivity index (χ1) is 13.5. The fourth-order valence-electron chi connectivity index (χ4n) is 3.47. The number of rotatable bonds is 2. The van der Waals surface area contributed by atoms with Crippen molar-refractivity contribution < 1.29 is 32.6 Å². The molecule has 10 heteroatoms. The average molecular weight is 436 g/mol. The normalized spacial score (nSPS) is 23.1. The highest BCUT2D eigenvalue weighted by Crippen LogP contribution is 2.27. The lowest BCUT2D eigenvalue weighted by molar-refractivity contribution is -0.192. The average Bonchev–Trinajstić information content (AvgIpc) is 2.94. The molecule has 0 radical (unpaired) electrons. The molecule has 0 aliphatic carbocycles. The fraction of sp³-hybridized carbons (Fsp3) is 0.684. The summed E-state index contributed by atoms with van der Waals surface area (Å²) in [6.07, 6.45) is -3.84. The van der Waals surface area contributed by atoms with E-state index in [0.717, 1.165) is 49.6 Å². The number of hydrogen-bond acceptors (Lipinski definition) is 5. The number of ether oxygens (including phenoxy) is 1. The maximum atomic E-state index is 12.7. The molecule has 2 saturated heterocycles. The van der Waals surface area contributed by atoms with E-state index in [4.69, 9.17) is 14.6 Å². The highest BCUT2D eigenvalue weighted by Gasteiger charge is 2.38. The first-order valence-electron chi connectivity index (χ1n) is 9.49. The molecule has 0 bridgehead atoms. The van der Waals surface area contributed by atoms with Crippen LogP contribution in [-0.2, 0) is 9.53 Å². The van der Waals surface area contributed by atoms with Crippen LogP contribution in [-0.4, -0.2) is 77.9 Å². The monoisotopic (exact) mass is 436 g/mol. The largest absolute Gasteiger partial charge is 0.490 e. The van der Waals surface area contributed by atoms with E-state index in [1.807, 2.05) is 23.3 Å².